The van der Waals surface area contributed by atoms with Crippen molar-refractivity contribution in [2.24, 2.45) is 0 Å². The third-order valence-electron chi connectivity index (χ3n) is 5.06. The highest BCUT2D eigenvalue weighted by molar-refractivity contribution is 7.99. The van der Waals surface area contributed by atoms with E-state index in [9.17, 15) is 4.79 Å². The molecule has 1 amide bonds. The molecule has 6 nitrogen and oxygen atoms in total. The fraction of sp³-hybridized carbons (Fsp3) is 0.550. The number of rotatable bonds is 7. The summed E-state index contributed by atoms with van der Waals surface area (Å²) in [6.45, 7) is 8.58. The van der Waals surface area contributed by atoms with Crippen molar-refractivity contribution < 1.29 is 4.79 Å². The number of benzene rings is 1. The molecule has 0 unspecified atom stereocenters. The van der Waals surface area contributed by atoms with Crippen LogP contribution in [0.4, 0.5) is 5.69 Å². The molecule has 146 valence electrons. The van der Waals surface area contributed by atoms with Gasteiger partial charge in [-0.25, -0.2) is 0 Å². The molecule has 0 bridgehead atoms. The van der Waals surface area contributed by atoms with Crippen molar-refractivity contribution in [1.29, 1.82) is 0 Å². The Morgan fingerprint density at radius 3 is 2.74 bits per heavy atom. The van der Waals surface area contributed by atoms with Crippen LogP contribution in [0.2, 0.25) is 0 Å². The van der Waals surface area contributed by atoms with Crippen LogP contribution in [0, 0.1) is 6.92 Å². The van der Waals surface area contributed by atoms with Crippen LogP contribution in [-0.4, -0.2) is 43.9 Å². The van der Waals surface area contributed by atoms with Gasteiger partial charge in [-0.15, -0.1) is 10.2 Å². The highest BCUT2D eigenvalue weighted by Gasteiger charge is 2.23. The number of nitrogens with zero attached hydrogens (tertiary/aromatic N) is 4. The second kappa shape index (κ2) is 9.26. The first kappa shape index (κ1) is 19.7. The summed E-state index contributed by atoms with van der Waals surface area (Å²) in [6.07, 6.45) is 3.44. The lowest BCUT2D eigenvalue weighted by molar-refractivity contribution is -0.131. The van der Waals surface area contributed by atoms with Gasteiger partial charge in [-0.2, -0.15) is 0 Å². The standard InChI is InChI=1S/C20H29N5OS/c1-4-24-18(13-21-17-10-8-15(2)9-11-17)22-23-20(24)27-14-19(26)25-12-6-5-7-16(25)3/h8-11,16,21H,4-7,12-14H2,1-3H3/t16-/m1/s1. The Morgan fingerprint density at radius 2 is 2.04 bits per heavy atom. The SMILES string of the molecule is CCn1c(CNc2ccc(C)cc2)nnc1SCC(=O)N1CCCC[C@H]1C. The zero-order valence-electron chi connectivity index (χ0n) is 16.4. The minimum absolute atomic E-state index is 0.206. The fourth-order valence-corrected chi connectivity index (χ4v) is 4.31. The smallest absolute Gasteiger partial charge is 0.233 e. The van der Waals surface area contributed by atoms with E-state index in [1.807, 2.05) is 4.90 Å². The predicted octanol–water partition coefficient (Wildman–Crippen LogP) is 3.71. The van der Waals surface area contributed by atoms with Gasteiger partial charge in [-0.3, -0.25) is 4.79 Å². The summed E-state index contributed by atoms with van der Waals surface area (Å²) in [7, 11) is 0. The molecule has 3 rings (SSSR count). The highest BCUT2D eigenvalue weighted by Crippen LogP contribution is 2.22. The monoisotopic (exact) mass is 387 g/mol. The molecule has 1 atom stereocenters. The van der Waals surface area contributed by atoms with E-state index in [2.05, 4.69) is 65.1 Å². The topological polar surface area (TPSA) is 63.1 Å². The van der Waals surface area contributed by atoms with Gasteiger partial charge < -0.3 is 14.8 Å². The molecule has 27 heavy (non-hydrogen) atoms. The van der Waals surface area contributed by atoms with Crippen molar-refractivity contribution in [3.63, 3.8) is 0 Å². The van der Waals surface area contributed by atoms with Gasteiger partial charge >= 0.3 is 0 Å². The second-order valence-electron chi connectivity index (χ2n) is 7.08. The van der Waals surface area contributed by atoms with E-state index < -0.39 is 0 Å². The molecule has 0 spiro atoms. The van der Waals surface area contributed by atoms with E-state index in [4.69, 9.17) is 0 Å². The summed E-state index contributed by atoms with van der Waals surface area (Å²) in [5, 5.41) is 12.9. The second-order valence-corrected chi connectivity index (χ2v) is 8.03. The van der Waals surface area contributed by atoms with Gasteiger partial charge in [0.05, 0.1) is 12.3 Å². The maximum Gasteiger partial charge on any atom is 0.233 e. The first-order valence-electron chi connectivity index (χ1n) is 9.73. The molecule has 1 aromatic heterocycles. The van der Waals surface area contributed by atoms with Crippen LogP contribution in [0.5, 0.6) is 0 Å². The largest absolute Gasteiger partial charge is 0.378 e. The Labute approximate surface area is 165 Å². The Morgan fingerprint density at radius 1 is 1.26 bits per heavy atom. The lowest BCUT2D eigenvalue weighted by Gasteiger charge is -2.33. The van der Waals surface area contributed by atoms with E-state index in [-0.39, 0.29) is 5.91 Å². The molecule has 1 aliphatic rings. The van der Waals surface area contributed by atoms with Gasteiger partial charge in [-0.05, 0) is 52.2 Å². The summed E-state index contributed by atoms with van der Waals surface area (Å²) in [5.41, 5.74) is 2.30. The summed E-state index contributed by atoms with van der Waals surface area (Å²) >= 11 is 1.49. The summed E-state index contributed by atoms with van der Waals surface area (Å²) in [4.78, 5) is 14.6. The van der Waals surface area contributed by atoms with Crippen LogP contribution in [0.15, 0.2) is 29.4 Å². The molecule has 2 aromatic rings. The van der Waals surface area contributed by atoms with E-state index in [0.717, 1.165) is 42.6 Å². The summed E-state index contributed by atoms with van der Waals surface area (Å²) in [5.74, 6) is 1.52. The van der Waals surface area contributed by atoms with Crippen molar-refractivity contribution in [3.8, 4) is 0 Å². The Hall–Kier alpha value is -2.02. The van der Waals surface area contributed by atoms with E-state index in [0.29, 0.717) is 18.3 Å². The van der Waals surface area contributed by atoms with Crippen molar-refractivity contribution in [2.45, 2.75) is 64.3 Å². The number of nitrogens with one attached hydrogen (secondary N) is 1. The van der Waals surface area contributed by atoms with Crippen LogP contribution < -0.4 is 5.32 Å². The normalized spacial score (nSPS) is 17.1. The molecular weight excluding hydrogens is 358 g/mol. The number of piperidine rings is 1. The number of likely N-dealkylation sites (tertiary alicyclic amines) is 1. The number of amides is 1. The fourth-order valence-electron chi connectivity index (χ4n) is 3.40. The zero-order chi connectivity index (χ0) is 19.2. The minimum Gasteiger partial charge on any atom is -0.378 e. The number of thioether (sulfide) groups is 1. The molecule has 2 heterocycles. The number of carbonyl (C=O) groups is 1. The van der Waals surface area contributed by atoms with E-state index in [1.54, 1.807) is 0 Å². The molecule has 0 saturated carbocycles. The number of hydrogen-bond acceptors (Lipinski definition) is 5. The average Bonchev–Trinajstić information content (AvgIpc) is 3.08. The molecular formula is C20H29N5OS. The molecule has 1 saturated heterocycles. The number of hydrogen-bond donors (Lipinski definition) is 1. The number of aromatic nitrogens is 3. The van der Waals surface area contributed by atoms with Crippen LogP contribution in [0.25, 0.3) is 0 Å². The minimum atomic E-state index is 0.206. The maximum atomic E-state index is 12.6. The first-order chi connectivity index (χ1) is 13.1. The van der Waals surface area contributed by atoms with Crippen molar-refractivity contribution in [2.75, 3.05) is 17.6 Å². The van der Waals surface area contributed by atoms with Crippen molar-refractivity contribution in [1.82, 2.24) is 19.7 Å². The Bertz CT molecular complexity index is 758. The molecule has 1 fully saturated rings. The van der Waals surface area contributed by atoms with Gasteiger partial charge in [0.2, 0.25) is 5.91 Å². The van der Waals surface area contributed by atoms with Gasteiger partial charge in [-0.1, -0.05) is 29.5 Å². The molecule has 0 radical (unpaired) electrons. The third-order valence-corrected chi connectivity index (χ3v) is 6.01. The molecule has 1 N–H and O–H groups in total. The number of carbonyl (C=O) groups excluding carboxylic acids is 1. The van der Waals surface area contributed by atoms with Crippen LogP contribution >= 0.6 is 11.8 Å². The number of anilines is 1. The lowest BCUT2D eigenvalue weighted by atomic mass is 10.0. The highest BCUT2D eigenvalue weighted by atomic mass is 32.2. The van der Waals surface area contributed by atoms with E-state index in [1.165, 1.54) is 23.7 Å². The van der Waals surface area contributed by atoms with Crippen molar-refractivity contribution >= 4 is 23.4 Å². The molecule has 1 aliphatic heterocycles. The van der Waals surface area contributed by atoms with Crippen LogP contribution in [-0.2, 0) is 17.9 Å². The van der Waals surface area contributed by atoms with Crippen LogP contribution in [0.3, 0.4) is 0 Å². The quantitative estimate of drug-likeness (QED) is 0.734. The zero-order valence-corrected chi connectivity index (χ0v) is 17.3. The van der Waals surface area contributed by atoms with Gasteiger partial charge in [0, 0.05) is 24.8 Å². The summed E-state index contributed by atoms with van der Waals surface area (Å²) < 4.78 is 2.08. The lowest BCUT2D eigenvalue weighted by Crippen LogP contribution is -2.43. The van der Waals surface area contributed by atoms with Gasteiger partial charge in [0.15, 0.2) is 11.0 Å². The molecule has 1 aromatic carbocycles. The average molecular weight is 388 g/mol. The number of aryl methyl sites for hydroxylation is 1. The molecule has 7 heteroatoms. The van der Waals surface area contributed by atoms with Crippen LogP contribution in [0.1, 0.15) is 44.5 Å². The van der Waals surface area contributed by atoms with Gasteiger partial charge in [0.25, 0.3) is 0 Å². The summed E-state index contributed by atoms with van der Waals surface area (Å²) in [6, 6.07) is 8.65. The predicted molar refractivity (Wildman–Crippen MR) is 110 cm³/mol. The van der Waals surface area contributed by atoms with Crippen molar-refractivity contribution in [3.05, 3.63) is 35.7 Å². The maximum absolute atomic E-state index is 12.6. The Balaban J connectivity index is 1.58. The molecule has 0 aliphatic carbocycles. The van der Waals surface area contributed by atoms with Gasteiger partial charge in [0.1, 0.15) is 0 Å². The van der Waals surface area contributed by atoms with E-state index >= 15 is 0 Å². The first-order valence-corrected chi connectivity index (χ1v) is 10.7. The third kappa shape index (κ3) is 5.03. The Kier molecular flexibility index (Phi) is 6.77.